The number of rotatable bonds is 6. The number of fused-ring (bicyclic) bond motifs is 1. The van der Waals surface area contributed by atoms with Crippen molar-refractivity contribution in [1.29, 1.82) is 10.5 Å². The SMILES string of the molecule is Cc1cc(/C=C/C#N)cc(C)c1Oc1nc(NC23CC(C#N)(C2)C3)nc2[nH]c(=O)n(C(F)F)c12. The highest BCUT2D eigenvalue weighted by atomic mass is 19.3. The second kappa shape index (κ2) is 7.39. The monoisotopic (exact) mass is 463 g/mol. The zero-order valence-electron chi connectivity index (χ0n) is 18.3. The third-order valence-electron chi connectivity index (χ3n) is 6.41. The van der Waals surface area contributed by atoms with Crippen LogP contribution in [-0.4, -0.2) is 25.1 Å². The molecule has 0 saturated heterocycles. The second-order valence-electron chi connectivity index (χ2n) is 9.00. The van der Waals surface area contributed by atoms with Crippen LogP contribution in [0.25, 0.3) is 17.2 Å². The Labute approximate surface area is 192 Å². The Morgan fingerprint density at radius 3 is 2.50 bits per heavy atom. The van der Waals surface area contributed by atoms with E-state index in [1.54, 1.807) is 32.1 Å². The van der Waals surface area contributed by atoms with Gasteiger partial charge in [-0.25, -0.2) is 9.36 Å². The van der Waals surface area contributed by atoms with Crippen LogP contribution in [0.4, 0.5) is 14.7 Å². The summed E-state index contributed by atoms with van der Waals surface area (Å²) >= 11 is 0. The fourth-order valence-corrected chi connectivity index (χ4v) is 5.06. The average Bonchev–Trinajstić information content (AvgIpc) is 3.06. The van der Waals surface area contributed by atoms with Crippen molar-refractivity contribution in [2.75, 3.05) is 5.32 Å². The Balaban J connectivity index is 1.58. The van der Waals surface area contributed by atoms with E-state index in [9.17, 15) is 18.8 Å². The second-order valence-corrected chi connectivity index (χ2v) is 9.00. The Bertz CT molecular complexity index is 1460. The number of alkyl halides is 2. The van der Waals surface area contributed by atoms with E-state index in [1.807, 2.05) is 6.07 Å². The molecule has 3 aliphatic carbocycles. The summed E-state index contributed by atoms with van der Waals surface area (Å²) in [7, 11) is 0. The van der Waals surface area contributed by atoms with Crippen molar-refractivity contribution in [3.05, 3.63) is 45.4 Å². The summed E-state index contributed by atoms with van der Waals surface area (Å²) in [6.45, 7) is 0.438. The van der Waals surface area contributed by atoms with Crippen LogP contribution in [0.3, 0.4) is 0 Å². The van der Waals surface area contributed by atoms with Crippen LogP contribution in [0.1, 0.15) is 42.5 Å². The van der Waals surface area contributed by atoms with Gasteiger partial charge < -0.3 is 10.1 Å². The normalized spacial score (nSPS) is 22.8. The molecule has 0 unspecified atom stereocenters. The highest BCUT2D eigenvalue weighted by Gasteiger charge is 2.69. The van der Waals surface area contributed by atoms with E-state index >= 15 is 0 Å². The van der Waals surface area contributed by atoms with Gasteiger partial charge in [0.25, 0.3) is 5.88 Å². The third kappa shape index (κ3) is 3.28. The van der Waals surface area contributed by atoms with E-state index in [4.69, 9.17) is 10.00 Å². The molecule has 3 fully saturated rings. The Kier molecular flexibility index (Phi) is 4.69. The first kappa shape index (κ1) is 21.6. The fourth-order valence-electron chi connectivity index (χ4n) is 5.06. The molecule has 2 heterocycles. The van der Waals surface area contributed by atoms with Gasteiger partial charge in [-0.05, 0) is 68.0 Å². The van der Waals surface area contributed by atoms with Crippen molar-refractivity contribution in [2.24, 2.45) is 5.41 Å². The lowest BCUT2D eigenvalue weighted by molar-refractivity contribution is -0.0665. The molecule has 34 heavy (non-hydrogen) atoms. The molecule has 0 radical (unpaired) electrons. The molecule has 3 aliphatic rings. The van der Waals surface area contributed by atoms with E-state index in [-0.39, 0.29) is 38.5 Å². The average molecular weight is 463 g/mol. The Morgan fingerprint density at radius 2 is 1.91 bits per heavy atom. The molecule has 0 spiro atoms. The summed E-state index contributed by atoms with van der Waals surface area (Å²) in [6.07, 6.45) is 4.95. The number of aromatic nitrogens is 4. The lowest BCUT2D eigenvalue weighted by Crippen LogP contribution is -2.70. The molecule has 2 aromatic heterocycles. The first-order valence-electron chi connectivity index (χ1n) is 10.5. The maximum atomic E-state index is 13.7. The van der Waals surface area contributed by atoms with Crippen LogP contribution in [0.5, 0.6) is 11.6 Å². The van der Waals surface area contributed by atoms with Crippen molar-refractivity contribution >= 4 is 23.2 Å². The predicted octanol–water partition coefficient (Wildman–Crippen LogP) is 4.32. The van der Waals surface area contributed by atoms with Crippen molar-refractivity contribution < 1.29 is 13.5 Å². The summed E-state index contributed by atoms with van der Waals surface area (Å²) in [5.74, 6) is 0.322. The van der Waals surface area contributed by atoms with E-state index in [2.05, 4.69) is 26.3 Å². The minimum absolute atomic E-state index is 0.0803. The van der Waals surface area contributed by atoms with Gasteiger partial charge in [0.1, 0.15) is 5.75 Å². The molecule has 2 bridgehead atoms. The van der Waals surface area contributed by atoms with Gasteiger partial charge in [-0.1, -0.05) is 0 Å². The molecular formula is C23H19F2N7O2. The van der Waals surface area contributed by atoms with Crippen LogP contribution >= 0.6 is 0 Å². The number of H-pyrrole nitrogens is 1. The maximum Gasteiger partial charge on any atom is 0.332 e. The molecular weight excluding hydrogens is 444 g/mol. The first-order valence-corrected chi connectivity index (χ1v) is 10.5. The van der Waals surface area contributed by atoms with Crippen LogP contribution < -0.4 is 15.7 Å². The van der Waals surface area contributed by atoms with Crippen LogP contribution in [0.15, 0.2) is 23.0 Å². The number of nitriles is 2. The third-order valence-corrected chi connectivity index (χ3v) is 6.41. The van der Waals surface area contributed by atoms with Crippen molar-refractivity contribution in [3.8, 4) is 23.8 Å². The van der Waals surface area contributed by atoms with Gasteiger partial charge >= 0.3 is 12.2 Å². The van der Waals surface area contributed by atoms with E-state index in [0.29, 0.717) is 36.1 Å². The number of benzene rings is 1. The zero-order valence-corrected chi connectivity index (χ0v) is 18.3. The molecule has 3 saturated carbocycles. The highest BCUT2D eigenvalue weighted by molar-refractivity contribution is 5.79. The molecule has 1 aromatic carbocycles. The summed E-state index contributed by atoms with van der Waals surface area (Å²) in [6, 6.07) is 7.82. The number of hydrogen-bond acceptors (Lipinski definition) is 7. The number of aromatic amines is 1. The van der Waals surface area contributed by atoms with E-state index < -0.39 is 12.2 Å². The number of anilines is 1. The van der Waals surface area contributed by atoms with Crippen LogP contribution in [-0.2, 0) is 0 Å². The molecule has 0 amide bonds. The number of aryl methyl sites for hydroxylation is 2. The van der Waals surface area contributed by atoms with Gasteiger partial charge in [-0.15, -0.1) is 0 Å². The topological polar surface area (TPSA) is 132 Å². The van der Waals surface area contributed by atoms with Gasteiger partial charge in [0.15, 0.2) is 11.2 Å². The molecule has 172 valence electrons. The van der Waals surface area contributed by atoms with Gasteiger partial charge in [0.2, 0.25) is 5.95 Å². The van der Waals surface area contributed by atoms with Crippen molar-refractivity contribution in [1.82, 2.24) is 19.5 Å². The fraction of sp³-hybridized carbons (Fsp3) is 0.348. The summed E-state index contributed by atoms with van der Waals surface area (Å²) < 4.78 is 33.7. The van der Waals surface area contributed by atoms with Gasteiger partial charge in [-0.3, -0.25) is 4.98 Å². The van der Waals surface area contributed by atoms with Crippen molar-refractivity contribution in [2.45, 2.75) is 45.2 Å². The first-order chi connectivity index (χ1) is 16.2. The number of nitrogens with zero attached hydrogens (tertiary/aromatic N) is 5. The van der Waals surface area contributed by atoms with Crippen LogP contribution in [0.2, 0.25) is 0 Å². The molecule has 6 rings (SSSR count). The van der Waals surface area contributed by atoms with Gasteiger partial charge in [0.05, 0.1) is 17.6 Å². The summed E-state index contributed by atoms with van der Waals surface area (Å²) in [5.41, 5.74) is 0.187. The number of nitrogens with one attached hydrogen (secondary N) is 2. The quantitative estimate of drug-likeness (QED) is 0.520. The maximum absolute atomic E-state index is 13.7. The molecule has 2 N–H and O–H groups in total. The van der Waals surface area contributed by atoms with E-state index in [0.717, 1.165) is 5.56 Å². The number of imidazole rings is 1. The number of hydrogen-bond donors (Lipinski definition) is 2. The lowest BCUT2D eigenvalue weighted by Gasteiger charge is -2.66. The largest absolute Gasteiger partial charge is 0.436 e. The van der Waals surface area contributed by atoms with Gasteiger partial charge in [0, 0.05) is 11.6 Å². The molecule has 3 aromatic rings. The van der Waals surface area contributed by atoms with Crippen molar-refractivity contribution in [3.63, 3.8) is 0 Å². The molecule has 11 heteroatoms. The Morgan fingerprint density at radius 1 is 1.24 bits per heavy atom. The summed E-state index contributed by atoms with van der Waals surface area (Å²) in [4.78, 5) is 23.2. The summed E-state index contributed by atoms with van der Waals surface area (Å²) in [5, 5.41) is 21.2. The lowest BCUT2D eigenvalue weighted by atomic mass is 9.40. The number of allylic oxidation sites excluding steroid dienone is 1. The highest BCUT2D eigenvalue weighted by Crippen LogP contribution is 2.67. The van der Waals surface area contributed by atoms with E-state index in [1.165, 1.54) is 6.08 Å². The van der Waals surface area contributed by atoms with Crippen LogP contribution in [0, 0.1) is 41.9 Å². The smallest absolute Gasteiger partial charge is 0.332 e. The predicted molar refractivity (Wildman–Crippen MR) is 118 cm³/mol. The molecule has 0 aliphatic heterocycles. The minimum Gasteiger partial charge on any atom is -0.436 e. The number of halogens is 2. The minimum atomic E-state index is -3.13. The zero-order chi connectivity index (χ0) is 24.3. The van der Waals surface area contributed by atoms with Gasteiger partial charge in [-0.2, -0.15) is 29.3 Å². The molecule has 0 atom stereocenters. The molecule has 9 nitrogen and oxygen atoms in total. The standard InChI is InChI=1S/C23H19F2N7O2/c1-12-6-14(4-3-5-26)7-13(2)16(12)34-18-15-17(29-21(33)32(15)19(24)25)28-20(30-18)31-23-8-22(9-23,10-23)11-27/h3-4,6-7,19H,8-10H2,1-2H3,(H2,28,29,30,31,33)/b4-3+. The Hall–Kier alpha value is -4.25. The number of ether oxygens (including phenoxy) is 1.